The Morgan fingerprint density at radius 1 is 1.58 bits per heavy atom. The molecule has 0 saturated heterocycles. The molecule has 0 bridgehead atoms. The van der Waals surface area contributed by atoms with Gasteiger partial charge in [-0.1, -0.05) is 0 Å². The highest BCUT2D eigenvalue weighted by atomic mass is 19.1. The van der Waals surface area contributed by atoms with Gasteiger partial charge in [0.15, 0.2) is 0 Å². The van der Waals surface area contributed by atoms with Gasteiger partial charge >= 0.3 is 0 Å². The van der Waals surface area contributed by atoms with E-state index in [1.807, 2.05) is 0 Å². The van der Waals surface area contributed by atoms with Crippen LogP contribution in [-0.2, 0) is 0 Å². The Kier molecular flexibility index (Phi) is 3.03. The van der Waals surface area contributed by atoms with Crippen LogP contribution in [0.15, 0.2) is 12.4 Å². The molecule has 62 valence electrons. The highest BCUT2D eigenvalue weighted by molar-refractivity contribution is 5.31. The third kappa shape index (κ3) is 2.54. The average Bonchev–Trinajstić information content (AvgIpc) is 2.05. The lowest BCUT2D eigenvalue weighted by atomic mass is 10.4. The van der Waals surface area contributed by atoms with E-state index >= 15 is 0 Å². The Morgan fingerprint density at radius 2 is 2.42 bits per heavy atom. The van der Waals surface area contributed by atoms with Crippen LogP contribution in [0, 0.1) is 18.3 Å². The average molecular weight is 165 g/mol. The molecule has 0 aliphatic carbocycles. The van der Waals surface area contributed by atoms with Crippen molar-refractivity contribution in [3.63, 3.8) is 0 Å². The molecule has 12 heavy (non-hydrogen) atoms. The van der Waals surface area contributed by atoms with Crippen LogP contribution in [0.1, 0.15) is 6.42 Å². The van der Waals surface area contributed by atoms with Crippen molar-refractivity contribution in [2.24, 2.45) is 0 Å². The van der Waals surface area contributed by atoms with E-state index in [1.165, 1.54) is 6.07 Å². The highest BCUT2D eigenvalue weighted by Crippen LogP contribution is 2.01. The smallest absolute Gasteiger partial charge is 0.217 e. The first-order valence-corrected chi connectivity index (χ1v) is 3.48. The highest BCUT2D eigenvalue weighted by Gasteiger charge is 1.94. The predicted octanol–water partition coefficient (Wildman–Crippen LogP) is 1.05. The van der Waals surface area contributed by atoms with Gasteiger partial charge in [0.25, 0.3) is 0 Å². The third-order valence-corrected chi connectivity index (χ3v) is 1.21. The number of halogens is 1. The van der Waals surface area contributed by atoms with Gasteiger partial charge in [-0.25, -0.2) is 9.97 Å². The summed E-state index contributed by atoms with van der Waals surface area (Å²) in [5, 5.41) is 2.85. The molecular formula is C8H8FN3. The molecule has 0 unspecified atom stereocenters. The lowest BCUT2D eigenvalue weighted by molar-refractivity contribution is 0.580. The van der Waals surface area contributed by atoms with E-state index in [1.54, 1.807) is 0 Å². The molecule has 1 N–H and O–H groups in total. The molecule has 1 heterocycles. The van der Waals surface area contributed by atoms with E-state index in [9.17, 15) is 4.39 Å². The van der Waals surface area contributed by atoms with E-state index in [2.05, 4.69) is 21.2 Å². The molecule has 3 nitrogen and oxygen atoms in total. The molecule has 1 aromatic rings. The maximum atomic E-state index is 12.4. The van der Waals surface area contributed by atoms with Crippen LogP contribution in [0.5, 0.6) is 0 Å². The van der Waals surface area contributed by atoms with Crippen LogP contribution in [0.2, 0.25) is 0 Å². The minimum absolute atomic E-state index is 0.456. The molecule has 0 fully saturated rings. The standard InChI is InChI=1S/C8H8FN3/c1-2-3-4-10-8-5-7(9)11-6-12-8/h1,5-6H,3-4H2,(H,10,11,12). The van der Waals surface area contributed by atoms with Gasteiger partial charge in [0, 0.05) is 19.0 Å². The fourth-order valence-electron chi connectivity index (χ4n) is 0.693. The second-order valence-corrected chi connectivity index (χ2v) is 2.11. The Hall–Kier alpha value is -1.63. The van der Waals surface area contributed by atoms with Gasteiger partial charge in [-0.2, -0.15) is 4.39 Å². The molecule has 0 amide bonds. The largest absolute Gasteiger partial charge is 0.369 e. The number of anilines is 1. The molecule has 0 aliphatic heterocycles. The van der Waals surface area contributed by atoms with Crippen LogP contribution in [0.25, 0.3) is 0 Å². The van der Waals surface area contributed by atoms with Gasteiger partial charge in [0.05, 0.1) is 0 Å². The van der Waals surface area contributed by atoms with Crippen molar-refractivity contribution in [1.82, 2.24) is 9.97 Å². The zero-order valence-electron chi connectivity index (χ0n) is 6.42. The van der Waals surface area contributed by atoms with Crippen LogP contribution in [-0.4, -0.2) is 16.5 Å². The van der Waals surface area contributed by atoms with Gasteiger partial charge in [0.2, 0.25) is 5.95 Å². The van der Waals surface area contributed by atoms with Gasteiger partial charge in [-0.15, -0.1) is 12.3 Å². The first kappa shape index (κ1) is 8.47. The van der Waals surface area contributed by atoms with E-state index in [4.69, 9.17) is 6.42 Å². The fourth-order valence-corrected chi connectivity index (χ4v) is 0.693. The summed E-state index contributed by atoms with van der Waals surface area (Å²) in [5.41, 5.74) is 0. The van der Waals surface area contributed by atoms with Gasteiger partial charge in [-0.3, -0.25) is 0 Å². The second-order valence-electron chi connectivity index (χ2n) is 2.11. The number of hydrogen-bond donors (Lipinski definition) is 1. The second kappa shape index (κ2) is 4.29. The number of hydrogen-bond acceptors (Lipinski definition) is 3. The molecule has 0 atom stereocenters. The maximum absolute atomic E-state index is 12.4. The summed E-state index contributed by atoms with van der Waals surface area (Å²) in [6.07, 6.45) is 6.77. The normalized spacial score (nSPS) is 9.00. The third-order valence-electron chi connectivity index (χ3n) is 1.21. The number of terminal acetylenes is 1. The monoisotopic (exact) mass is 165 g/mol. The summed E-state index contributed by atoms with van der Waals surface area (Å²) in [5.74, 6) is 2.36. The topological polar surface area (TPSA) is 37.8 Å². The molecule has 0 aromatic carbocycles. The zero-order chi connectivity index (χ0) is 8.81. The van der Waals surface area contributed by atoms with E-state index in [0.29, 0.717) is 18.8 Å². The number of rotatable bonds is 3. The first-order chi connectivity index (χ1) is 5.83. The first-order valence-electron chi connectivity index (χ1n) is 3.48. The summed E-state index contributed by atoms with van der Waals surface area (Å²) >= 11 is 0. The summed E-state index contributed by atoms with van der Waals surface area (Å²) < 4.78 is 12.4. The lowest BCUT2D eigenvalue weighted by Crippen LogP contribution is -2.02. The molecule has 0 radical (unpaired) electrons. The summed E-state index contributed by atoms with van der Waals surface area (Å²) in [4.78, 5) is 7.09. The quantitative estimate of drug-likeness (QED) is 0.413. The van der Waals surface area contributed by atoms with E-state index < -0.39 is 5.95 Å². The Labute approximate surface area is 70.0 Å². The minimum Gasteiger partial charge on any atom is -0.369 e. The van der Waals surface area contributed by atoms with Crippen molar-refractivity contribution in [2.75, 3.05) is 11.9 Å². The number of nitrogens with one attached hydrogen (secondary N) is 1. The van der Waals surface area contributed by atoms with E-state index in [-0.39, 0.29) is 0 Å². The number of nitrogens with zero attached hydrogens (tertiary/aromatic N) is 2. The van der Waals surface area contributed by atoms with Crippen molar-refractivity contribution in [2.45, 2.75) is 6.42 Å². The molecule has 1 rings (SSSR count). The predicted molar refractivity (Wildman–Crippen MR) is 43.9 cm³/mol. The van der Waals surface area contributed by atoms with Crippen LogP contribution in [0.3, 0.4) is 0 Å². The molecule has 0 aliphatic rings. The lowest BCUT2D eigenvalue weighted by Gasteiger charge is -2.00. The van der Waals surface area contributed by atoms with Crippen LogP contribution >= 0.6 is 0 Å². The Bertz CT molecular complexity index is 293. The Balaban J connectivity index is 2.48. The maximum Gasteiger partial charge on any atom is 0.217 e. The summed E-state index contributed by atoms with van der Waals surface area (Å²) in [6, 6.07) is 1.22. The molecule has 0 spiro atoms. The van der Waals surface area contributed by atoms with Gasteiger partial charge < -0.3 is 5.32 Å². The van der Waals surface area contributed by atoms with Crippen molar-refractivity contribution in [3.8, 4) is 12.3 Å². The zero-order valence-corrected chi connectivity index (χ0v) is 6.42. The van der Waals surface area contributed by atoms with Crippen LogP contribution in [0.4, 0.5) is 10.2 Å². The van der Waals surface area contributed by atoms with E-state index in [0.717, 1.165) is 6.33 Å². The van der Waals surface area contributed by atoms with Gasteiger partial charge in [-0.05, 0) is 0 Å². The molecule has 1 aromatic heterocycles. The van der Waals surface area contributed by atoms with Crippen molar-refractivity contribution in [1.29, 1.82) is 0 Å². The van der Waals surface area contributed by atoms with Crippen LogP contribution < -0.4 is 5.32 Å². The summed E-state index contributed by atoms with van der Waals surface area (Å²) in [6.45, 7) is 0.590. The number of aromatic nitrogens is 2. The molecule has 0 saturated carbocycles. The SMILES string of the molecule is C#CCCNc1cc(F)ncn1. The van der Waals surface area contributed by atoms with Crippen molar-refractivity contribution < 1.29 is 4.39 Å². The summed E-state index contributed by atoms with van der Waals surface area (Å²) in [7, 11) is 0. The molecule has 4 heteroatoms. The minimum atomic E-state index is -0.548. The van der Waals surface area contributed by atoms with Crippen molar-refractivity contribution >= 4 is 5.82 Å². The molecular weight excluding hydrogens is 157 g/mol. The fraction of sp³-hybridized carbons (Fsp3) is 0.250. The van der Waals surface area contributed by atoms with Gasteiger partial charge in [0.1, 0.15) is 12.1 Å². The van der Waals surface area contributed by atoms with Crippen molar-refractivity contribution in [3.05, 3.63) is 18.3 Å². The Morgan fingerprint density at radius 3 is 3.08 bits per heavy atom.